The van der Waals surface area contributed by atoms with Crippen LogP contribution in [-0.4, -0.2) is 33.5 Å². The molecular weight excluding hydrogens is 477 g/mol. The third kappa shape index (κ3) is 5.90. The molecule has 1 aromatic heterocycles. The minimum absolute atomic E-state index is 0.0351. The van der Waals surface area contributed by atoms with E-state index >= 15 is 0 Å². The maximum atomic E-state index is 13.3. The van der Waals surface area contributed by atoms with Gasteiger partial charge in [0.25, 0.3) is 0 Å². The molecule has 5 rings (SSSR count). The maximum Gasteiger partial charge on any atom is 0.223 e. The monoisotopic (exact) mass is 513 g/mol. The van der Waals surface area contributed by atoms with Crippen molar-refractivity contribution in [3.8, 4) is 5.75 Å². The zero-order valence-electron chi connectivity index (χ0n) is 22.5. The molecule has 1 aliphatic heterocycles. The van der Waals surface area contributed by atoms with Crippen LogP contribution in [0.4, 0.5) is 4.39 Å². The summed E-state index contributed by atoms with van der Waals surface area (Å²) in [6.45, 7) is 9.22. The zero-order chi connectivity index (χ0) is 26.7. The van der Waals surface area contributed by atoms with Crippen LogP contribution in [0.5, 0.6) is 5.75 Å². The molecule has 5 nitrogen and oxygen atoms in total. The normalized spacial score (nSPS) is 15.9. The second-order valence-electron chi connectivity index (χ2n) is 11.2. The van der Waals surface area contributed by atoms with Crippen LogP contribution in [0.2, 0.25) is 0 Å². The average Bonchev–Trinajstić information content (AvgIpc) is 3.45. The molecule has 2 heterocycles. The fourth-order valence-electron chi connectivity index (χ4n) is 5.16. The summed E-state index contributed by atoms with van der Waals surface area (Å²) in [6.07, 6.45) is 2.32. The fraction of sp³-hybridized carbons (Fsp3) is 0.375. The van der Waals surface area contributed by atoms with Crippen LogP contribution in [0.25, 0.3) is 11.0 Å². The van der Waals surface area contributed by atoms with E-state index in [-0.39, 0.29) is 23.1 Å². The summed E-state index contributed by atoms with van der Waals surface area (Å²) in [4.78, 5) is 19.7. The molecule has 0 radical (unpaired) electrons. The number of amides is 1. The molecule has 1 unspecified atom stereocenters. The first kappa shape index (κ1) is 26.0. The topological polar surface area (TPSA) is 47.4 Å². The first-order valence-electron chi connectivity index (χ1n) is 13.5. The lowest BCUT2D eigenvalue weighted by Crippen LogP contribution is -2.24. The fourth-order valence-corrected chi connectivity index (χ4v) is 5.16. The molecule has 3 aromatic carbocycles. The summed E-state index contributed by atoms with van der Waals surface area (Å²) in [7, 11) is 0. The van der Waals surface area contributed by atoms with Crippen molar-refractivity contribution in [2.24, 2.45) is 0 Å². The van der Waals surface area contributed by atoms with E-state index in [9.17, 15) is 9.18 Å². The third-order valence-corrected chi connectivity index (χ3v) is 7.32. The molecule has 0 aliphatic carbocycles. The van der Waals surface area contributed by atoms with E-state index < -0.39 is 0 Å². The summed E-state index contributed by atoms with van der Waals surface area (Å²) in [5.41, 5.74) is 4.42. The van der Waals surface area contributed by atoms with E-state index in [2.05, 4.69) is 55.7 Å². The molecule has 1 atom stereocenters. The largest absolute Gasteiger partial charge is 0.494 e. The van der Waals surface area contributed by atoms with Gasteiger partial charge in [0.1, 0.15) is 17.4 Å². The van der Waals surface area contributed by atoms with Gasteiger partial charge in [-0.2, -0.15) is 0 Å². The number of benzene rings is 3. The first-order chi connectivity index (χ1) is 18.3. The maximum absolute atomic E-state index is 13.3. The Morgan fingerprint density at radius 3 is 2.45 bits per heavy atom. The Bertz CT molecular complexity index is 1390. The van der Waals surface area contributed by atoms with Crippen molar-refractivity contribution in [1.82, 2.24) is 14.5 Å². The quantitative estimate of drug-likeness (QED) is 0.230. The van der Waals surface area contributed by atoms with Crippen molar-refractivity contribution < 1.29 is 13.9 Å². The van der Waals surface area contributed by atoms with Gasteiger partial charge < -0.3 is 14.2 Å². The Hall–Kier alpha value is -3.67. The number of para-hydroxylation sites is 2. The Balaban J connectivity index is 1.22. The summed E-state index contributed by atoms with van der Waals surface area (Å²) in [6, 6.07) is 22.9. The number of halogens is 1. The highest BCUT2D eigenvalue weighted by atomic mass is 19.1. The van der Waals surface area contributed by atoms with E-state index in [0.29, 0.717) is 26.1 Å². The van der Waals surface area contributed by atoms with Gasteiger partial charge in [0.05, 0.1) is 17.6 Å². The number of carbonyl (C=O) groups is 1. The predicted molar refractivity (Wildman–Crippen MR) is 149 cm³/mol. The minimum Gasteiger partial charge on any atom is -0.494 e. The Morgan fingerprint density at radius 2 is 1.71 bits per heavy atom. The Kier molecular flexibility index (Phi) is 7.50. The number of unbranched alkanes of at least 4 members (excludes halogenated alkanes) is 1. The minimum atomic E-state index is -0.267. The van der Waals surface area contributed by atoms with Crippen LogP contribution in [-0.2, 0) is 23.3 Å². The van der Waals surface area contributed by atoms with Gasteiger partial charge in [-0.3, -0.25) is 4.79 Å². The molecule has 0 N–H and O–H groups in total. The van der Waals surface area contributed by atoms with Gasteiger partial charge in [-0.05, 0) is 65.8 Å². The molecule has 4 aromatic rings. The molecular formula is C32H36FN3O2. The van der Waals surface area contributed by atoms with Crippen LogP contribution in [0.15, 0.2) is 72.8 Å². The average molecular weight is 514 g/mol. The van der Waals surface area contributed by atoms with Crippen molar-refractivity contribution in [1.29, 1.82) is 0 Å². The molecule has 0 bridgehead atoms. The van der Waals surface area contributed by atoms with E-state index in [1.165, 1.54) is 17.7 Å². The van der Waals surface area contributed by atoms with E-state index in [4.69, 9.17) is 9.72 Å². The van der Waals surface area contributed by atoms with Crippen molar-refractivity contribution in [2.45, 2.75) is 64.5 Å². The summed E-state index contributed by atoms with van der Waals surface area (Å²) < 4.78 is 21.6. The molecule has 6 heteroatoms. The lowest BCUT2D eigenvalue weighted by Gasteiger charge is -2.19. The van der Waals surface area contributed by atoms with Crippen molar-refractivity contribution in [2.75, 3.05) is 13.2 Å². The number of hydrogen-bond acceptors (Lipinski definition) is 3. The van der Waals surface area contributed by atoms with Crippen LogP contribution in [0, 0.1) is 5.82 Å². The second-order valence-corrected chi connectivity index (χ2v) is 11.2. The first-order valence-corrected chi connectivity index (χ1v) is 13.5. The Morgan fingerprint density at radius 1 is 0.974 bits per heavy atom. The van der Waals surface area contributed by atoms with Gasteiger partial charge in [-0.15, -0.1) is 0 Å². The summed E-state index contributed by atoms with van der Waals surface area (Å²) in [5, 5.41) is 0. The van der Waals surface area contributed by atoms with Crippen LogP contribution >= 0.6 is 0 Å². The van der Waals surface area contributed by atoms with Gasteiger partial charge in [-0.25, -0.2) is 9.37 Å². The number of aromatic nitrogens is 2. The molecule has 1 fully saturated rings. The molecule has 1 amide bonds. The SMILES string of the molecule is CC(C)(C)c1ccc(OCCCCn2c(C3CC(=O)N(Cc4ccc(F)cc4)C3)nc3ccccc32)cc1. The Labute approximate surface area is 224 Å². The second kappa shape index (κ2) is 11.0. The number of ether oxygens (including phenoxy) is 1. The lowest BCUT2D eigenvalue weighted by molar-refractivity contribution is -0.128. The van der Waals surface area contributed by atoms with Gasteiger partial charge >= 0.3 is 0 Å². The molecule has 198 valence electrons. The number of aryl methyl sites for hydroxylation is 1. The number of rotatable bonds is 9. The van der Waals surface area contributed by atoms with Gasteiger partial charge in [-0.1, -0.05) is 57.2 Å². The van der Waals surface area contributed by atoms with E-state index in [1.807, 2.05) is 23.1 Å². The summed E-state index contributed by atoms with van der Waals surface area (Å²) in [5.74, 6) is 1.76. The molecule has 1 aliphatic rings. The molecule has 0 saturated carbocycles. The number of nitrogens with zero attached hydrogens (tertiary/aromatic N) is 3. The highest BCUT2D eigenvalue weighted by Crippen LogP contribution is 2.32. The number of likely N-dealkylation sites (tertiary alicyclic amines) is 1. The van der Waals surface area contributed by atoms with Crippen LogP contribution in [0.1, 0.15) is 62.9 Å². The number of imidazole rings is 1. The number of hydrogen-bond donors (Lipinski definition) is 0. The predicted octanol–water partition coefficient (Wildman–Crippen LogP) is 6.85. The van der Waals surface area contributed by atoms with Crippen molar-refractivity contribution in [3.05, 3.63) is 95.6 Å². The van der Waals surface area contributed by atoms with E-state index in [0.717, 1.165) is 47.6 Å². The van der Waals surface area contributed by atoms with Gasteiger partial charge in [0, 0.05) is 32.0 Å². The van der Waals surface area contributed by atoms with Crippen molar-refractivity contribution in [3.63, 3.8) is 0 Å². The van der Waals surface area contributed by atoms with Gasteiger partial charge in [0.2, 0.25) is 5.91 Å². The summed E-state index contributed by atoms with van der Waals surface area (Å²) >= 11 is 0. The van der Waals surface area contributed by atoms with E-state index in [1.54, 1.807) is 12.1 Å². The lowest BCUT2D eigenvalue weighted by atomic mass is 9.87. The van der Waals surface area contributed by atoms with Crippen molar-refractivity contribution >= 4 is 16.9 Å². The number of carbonyl (C=O) groups excluding carboxylic acids is 1. The highest BCUT2D eigenvalue weighted by molar-refractivity contribution is 5.81. The molecule has 38 heavy (non-hydrogen) atoms. The molecule has 1 saturated heterocycles. The smallest absolute Gasteiger partial charge is 0.223 e. The number of fused-ring (bicyclic) bond motifs is 1. The van der Waals surface area contributed by atoms with Gasteiger partial charge in [0.15, 0.2) is 0 Å². The zero-order valence-corrected chi connectivity index (χ0v) is 22.5. The third-order valence-electron chi connectivity index (χ3n) is 7.32. The van der Waals surface area contributed by atoms with Crippen LogP contribution < -0.4 is 4.74 Å². The molecule has 0 spiro atoms. The highest BCUT2D eigenvalue weighted by Gasteiger charge is 2.34. The van der Waals surface area contributed by atoms with Crippen LogP contribution in [0.3, 0.4) is 0 Å². The standard InChI is InChI=1S/C32H36FN3O2/c1-32(2,3)25-12-16-27(17-13-25)38-19-7-6-18-36-29-9-5-4-8-28(29)34-31(36)24-20-30(37)35(22-24)21-23-10-14-26(33)15-11-23/h4-5,8-17,24H,6-7,18-22H2,1-3H3.